The van der Waals surface area contributed by atoms with Crippen LogP contribution < -0.4 is 10.6 Å². The summed E-state index contributed by atoms with van der Waals surface area (Å²) in [6.45, 7) is 0.132. The van der Waals surface area contributed by atoms with Crippen molar-refractivity contribution in [2.24, 2.45) is 0 Å². The maximum atomic E-state index is 13.2. The molecule has 0 spiro atoms. The van der Waals surface area contributed by atoms with Gasteiger partial charge in [0.2, 0.25) is 5.91 Å². The molecule has 1 aromatic carbocycles. The number of rotatable bonds is 4. The van der Waals surface area contributed by atoms with E-state index in [9.17, 15) is 9.18 Å². The monoisotopic (exact) mass is 289 g/mol. The molecule has 0 heterocycles. The maximum absolute atomic E-state index is 13.2. The van der Waals surface area contributed by atoms with Crippen LogP contribution in [0.25, 0.3) is 0 Å². The average Bonchev–Trinajstić information content (AvgIpc) is 2.75. The Morgan fingerprint density at radius 3 is 2.67 bits per heavy atom. The highest BCUT2D eigenvalue weighted by Gasteiger charge is 2.14. The van der Waals surface area contributed by atoms with E-state index in [-0.39, 0.29) is 24.1 Å². The van der Waals surface area contributed by atoms with Gasteiger partial charge >= 0.3 is 0 Å². The van der Waals surface area contributed by atoms with Crippen molar-refractivity contribution in [2.45, 2.75) is 44.6 Å². The zero-order valence-electron chi connectivity index (χ0n) is 12.0. The number of nitrogens with zero attached hydrogens (tertiary/aromatic N) is 1. The van der Waals surface area contributed by atoms with Gasteiger partial charge in [0.05, 0.1) is 12.1 Å². The minimum absolute atomic E-state index is 0.0239. The Morgan fingerprint density at radius 2 is 2.00 bits per heavy atom. The highest BCUT2D eigenvalue weighted by Crippen LogP contribution is 2.17. The van der Waals surface area contributed by atoms with E-state index in [1.807, 2.05) is 0 Å². The molecule has 0 bridgehead atoms. The first-order valence-electron chi connectivity index (χ1n) is 7.42. The minimum Gasteiger partial charge on any atom is -0.376 e. The molecule has 21 heavy (non-hydrogen) atoms. The van der Waals surface area contributed by atoms with E-state index in [0.29, 0.717) is 5.69 Å². The molecule has 5 heteroatoms. The normalized spacial score (nSPS) is 15.8. The lowest BCUT2D eigenvalue weighted by atomic mass is 10.1. The molecule has 0 unspecified atom stereocenters. The van der Waals surface area contributed by atoms with Crippen LogP contribution in [-0.4, -0.2) is 18.5 Å². The molecule has 2 rings (SSSR count). The number of nitrogens with one attached hydrogen (secondary N) is 2. The van der Waals surface area contributed by atoms with Crippen LogP contribution in [0.1, 0.15) is 44.1 Å². The molecule has 0 saturated heterocycles. The van der Waals surface area contributed by atoms with Crippen LogP contribution in [-0.2, 0) is 4.79 Å². The first-order valence-corrected chi connectivity index (χ1v) is 7.42. The Morgan fingerprint density at radius 1 is 1.29 bits per heavy atom. The van der Waals surface area contributed by atoms with Crippen molar-refractivity contribution in [3.05, 3.63) is 29.6 Å². The van der Waals surface area contributed by atoms with E-state index in [1.165, 1.54) is 43.9 Å². The number of hydrogen-bond donors (Lipinski definition) is 2. The van der Waals surface area contributed by atoms with Crippen LogP contribution >= 0.6 is 0 Å². The van der Waals surface area contributed by atoms with Gasteiger partial charge in [-0.15, -0.1) is 0 Å². The summed E-state index contributed by atoms with van der Waals surface area (Å²) < 4.78 is 13.2. The minimum atomic E-state index is -0.550. The van der Waals surface area contributed by atoms with Crippen molar-refractivity contribution in [1.82, 2.24) is 5.32 Å². The molecule has 2 N–H and O–H groups in total. The Hall–Kier alpha value is -2.09. The van der Waals surface area contributed by atoms with Gasteiger partial charge in [0.15, 0.2) is 0 Å². The smallest absolute Gasteiger partial charge is 0.239 e. The average molecular weight is 289 g/mol. The van der Waals surface area contributed by atoms with Crippen molar-refractivity contribution in [3.63, 3.8) is 0 Å². The van der Waals surface area contributed by atoms with Gasteiger partial charge in [-0.05, 0) is 31.0 Å². The van der Waals surface area contributed by atoms with Crippen molar-refractivity contribution in [2.75, 3.05) is 11.9 Å². The summed E-state index contributed by atoms with van der Waals surface area (Å²) in [6.07, 6.45) is 6.92. The van der Waals surface area contributed by atoms with E-state index in [2.05, 4.69) is 10.6 Å². The second kappa shape index (κ2) is 7.63. The van der Waals surface area contributed by atoms with Gasteiger partial charge in [-0.2, -0.15) is 5.26 Å². The number of carbonyl (C=O) groups excluding carboxylic acids is 1. The van der Waals surface area contributed by atoms with Crippen LogP contribution in [0.2, 0.25) is 0 Å². The molecule has 1 amide bonds. The lowest BCUT2D eigenvalue weighted by molar-refractivity contribution is -0.120. The number of amides is 1. The lowest BCUT2D eigenvalue weighted by Crippen LogP contribution is -2.38. The fraction of sp³-hybridized carbons (Fsp3) is 0.500. The molecule has 1 aromatic rings. The molecule has 0 atom stereocenters. The molecule has 1 fully saturated rings. The second-order valence-electron chi connectivity index (χ2n) is 5.42. The Bertz CT molecular complexity index is 531. The Labute approximate surface area is 124 Å². The van der Waals surface area contributed by atoms with Crippen molar-refractivity contribution in [1.29, 1.82) is 5.26 Å². The first-order chi connectivity index (χ1) is 10.2. The van der Waals surface area contributed by atoms with E-state index < -0.39 is 5.82 Å². The Balaban J connectivity index is 1.82. The van der Waals surface area contributed by atoms with Gasteiger partial charge in [0, 0.05) is 11.7 Å². The number of anilines is 1. The van der Waals surface area contributed by atoms with E-state index in [4.69, 9.17) is 5.26 Å². The highest BCUT2D eigenvalue weighted by atomic mass is 19.1. The van der Waals surface area contributed by atoms with Crippen molar-refractivity contribution in [3.8, 4) is 6.07 Å². The highest BCUT2D eigenvalue weighted by molar-refractivity contribution is 5.81. The second-order valence-corrected chi connectivity index (χ2v) is 5.42. The molecule has 1 saturated carbocycles. The van der Waals surface area contributed by atoms with E-state index in [1.54, 1.807) is 6.07 Å². The SMILES string of the molecule is N#Cc1cc(NCC(=O)NC2CCCCCC2)ccc1F. The van der Waals surface area contributed by atoms with Crippen LogP contribution in [0.3, 0.4) is 0 Å². The van der Waals surface area contributed by atoms with Crippen LogP contribution in [0.15, 0.2) is 18.2 Å². The van der Waals surface area contributed by atoms with Gasteiger partial charge in [-0.3, -0.25) is 4.79 Å². The zero-order valence-corrected chi connectivity index (χ0v) is 12.0. The summed E-state index contributed by atoms with van der Waals surface area (Å²) in [4.78, 5) is 11.9. The summed E-state index contributed by atoms with van der Waals surface area (Å²) in [6, 6.07) is 6.21. The topological polar surface area (TPSA) is 64.9 Å². The van der Waals surface area contributed by atoms with Gasteiger partial charge < -0.3 is 10.6 Å². The fourth-order valence-corrected chi connectivity index (χ4v) is 2.61. The van der Waals surface area contributed by atoms with Gasteiger partial charge in [-0.1, -0.05) is 25.7 Å². The van der Waals surface area contributed by atoms with Crippen LogP contribution in [0, 0.1) is 17.1 Å². The largest absolute Gasteiger partial charge is 0.376 e. The summed E-state index contributed by atoms with van der Waals surface area (Å²) in [5.41, 5.74) is 0.549. The van der Waals surface area contributed by atoms with Crippen LogP contribution in [0.5, 0.6) is 0 Å². The predicted molar refractivity (Wildman–Crippen MR) is 79.2 cm³/mol. The predicted octanol–water partition coefficient (Wildman–Crippen LogP) is 2.95. The molecular formula is C16H20FN3O. The molecule has 0 radical (unpaired) electrons. The standard InChI is InChI=1S/C16H20FN3O/c17-15-8-7-14(9-12(15)10-18)19-11-16(21)20-13-5-3-1-2-4-6-13/h7-9,13,19H,1-6,11H2,(H,20,21). The summed E-state index contributed by atoms with van der Waals surface area (Å²) >= 11 is 0. The summed E-state index contributed by atoms with van der Waals surface area (Å²) in [7, 11) is 0. The van der Waals surface area contributed by atoms with Crippen molar-refractivity contribution < 1.29 is 9.18 Å². The third-order valence-electron chi connectivity index (χ3n) is 3.76. The van der Waals surface area contributed by atoms with E-state index in [0.717, 1.165) is 12.8 Å². The maximum Gasteiger partial charge on any atom is 0.239 e. The number of nitriles is 1. The third kappa shape index (κ3) is 4.75. The van der Waals surface area contributed by atoms with Gasteiger partial charge in [0.25, 0.3) is 0 Å². The molecule has 0 aliphatic heterocycles. The summed E-state index contributed by atoms with van der Waals surface area (Å²) in [5, 5.41) is 14.7. The van der Waals surface area contributed by atoms with Gasteiger partial charge in [0.1, 0.15) is 11.9 Å². The molecule has 4 nitrogen and oxygen atoms in total. The fourth-order valence-electron chi connectivity index (χ4n) is 2.61. The summed E-state index contributed by atoms with van der Waals surface area (Å²) in [5.74, 6) is -0.615. The molecular weight excluding hydrogens is 269 g/mol. The first kappa shape index (κ1) is 15.3. The number of benzene rings is 1. The third-order valence-corrected chi connectivity index (χ3v) is 3.76. The molecule has 1 aliphatic rings. The quantitative estimate of drug-likeness (QED) is 0.838. The molecule has 112 valence electrons. The number of hydrogen-bond acceptors (Lipinski definition) is 3. The van der Waals surface area contributed by atoms with Crippen LogP contribution in [0.4, 0.5) is 10.1 Å². The number of carbonyl (C=O) groups is 1. The van der Waals surface area contributed by atoms with Gasteiger partial charge in [-0.25, -0.2) is 4.39 Å². The lowest BCUT2D eigenvalue weighted by Gasteiger charge is -2.16. The zero-order chi connectivity index (χ0) is 15.1. The molecule has 1 aliphatic carbocycles. The number of halogens is 1. The Kier molecular flexibility index (Phi) is 5.56. The van der Waals surface area contributed by atoms with E-state index >= 15 is 0 Å². The van der Waals surface area contributed by atoms with Crippen molar-refractivity contribution >= 4 is 11.6 Å². The molecule has 0 aromatic heterocycles.